The Morgan fingerprint density at radius 1 is 1.32 bits per heavy atom. The number of hydrogen-bond acceptors (Lipinski definition) is 2. The summed E-state index contributed by atoms with van der Waals surface area (Å²) in [6.07, 6.45) is 4.61. The fraction of sp³-hybridized carbons (Fsp3) is 0.391. The van der Waals surface area contributed by atoms with Gasteiger partial charge < -0.3 is 9.47 Å². The van der Waals surface area contributed by atoms with E-state index in [2.05, 4.69) is 17.6 Å². The van der Waals surface area contributed by atoms with Crippen LogP contribution in [-0.4, -0.2) is 21.4 Å². The lowest BCUT2D eigenvalue weighted by Gasteiger charge is -2.22. The second-order valence-corrected chi connectivity index (χ2v) is 7.44. The molecule has 1 amide bonds. The maximum Gasteiger partial charge on any atom is 0.265 e. The van der Waals surface area contributed by atoms with Gasteiger partial charge in [-0.1, -0.05) is 19.1 Å². The molecule has 1 aliphatic rings. The third-order valence-corrected chi connectivity index (χ3v) is 5.23. The molecule has 0 bridgehead atoms. The second kappa shape index (κ2) is 8.43. The van der Waals surface area contributed by atoms with Gasteiger partial charge in [-0.2, -0.15) is 5.26 Å². The number of benzene rings is 1. The number of halogens is 1. The minimum absolute atomic E-state index is 0.144. The maximum atomic E-state index is 13.2. The molecule has 0 N–H and O–H groups in total. The summed E-state index contributed by atoms with van der Waals surface area (Å²) in [5, 5.41) is 9.66. The van der Waals surface area contributed by atoms with Crippen molar-refractivity contribution in [2.24, 2.45) is 0 Å². The first-order valence-corrected chi connectivity index (χ1v) is 9.78. The number of nitriles is 1. The van der Waals surface area contributed by atoms with Crippen molar-refractivity contribution in [3.8, 4) is 6.07 Å². The highest BCUT2D eigenvalue weighted by molar-refractivity contribution is 6.02. The fourth-order valence-electron chi connectivity index (χ4n) is 3.53. The van der Waals surface area contributed by atoms with Crippen molar-refractivity contribution in [3.63, 3.8) is 0 Å². The van der Waals surface area contributed by atoms with Gasteiger partial charge in [0.05, 0.1) is 0 Å². The van der Waals surface area contributed by atoms with Crippen LogP contribution in [0.4, 0.5) is 4.39 Å². The third kappa shape index (κ3) is 4.33. The molecule has 5 heteroatoms. The molecular weight excluding hydrogens is 353 g/mol. The zero-order valence-electron chi connectivity index (χ0n) is 16.7. The molecule has 4 nitrogen and oxygen atoms in total. The molecule has 146 valence electrons. The summed E-state index contributed by atoms with van der Waals surface area (Å²) in [5.41, 5.74) is 4.11. The highest BCUT2D eigenvalue weighted by Gasteiger charge is 2.34. The van der Waals surface area contributed by atoms with E-state index in [1.165, 1.54) is 12.1 Å². The van der Waals surface area contributed by atoms with Gasteiger partial charge in [0.15, 0.2) is 0 Å². The molecule has 0 saturated heterocycles. The average molecular weight is 379 g/mol. The molecule has 0 radical (unpaired) electrons. The topological polar surface area (TPSA) is 49.0 Å². The van der Waals surface area contributed by atoms with Gasteiger partial charge in [-0.25, -0.2) is 4.39 Å². The Morgan fingerprint density at radius 3 is 2.57 bits per heavy atom. The average Bonchev–Trinajstić information content (AvgIpc) is 3.48. The Kier molecular flexibility index (Phi) is 5.99. The number of carbonyl (C=O) groups is 1. The molecule has 0 atom stereocenters. The first-order chi connectivity index (χ1) is 13.4. The van der Waals surface area contributed by atoms with Crippen LogP contribution in [0.5, 0.6) is 0 Å². The molecule has 1 saturated carbocycles. The zero-order chi connectivity index (χ0) is 20.3. The Hall–Kier alpha value is -2.87. The molecule has 0 spiro atoms. The van der Waals surface area contributed by atoms with Gasteiger partial charge in [-0.3, -0.25) is 4.79 Å². The quantitative estimate of drug-likeness (QED) is 0.515. The molecule has 1 aliphatic carbocycles. The van der Waals surface area contributed by atoms with Crippen molar-refractivity contribution in [2.45, 2.75) is 59.2 Å². The Bertz CT molecular complexity index is 930. The molecule has 1 aromatic heterocycles. The number of amides is 1. The summed E-state index contributed by atoms with van der Waals surface area (Å²) >= 11 is 0. The minimum Gasteiger partial charge on any atom is -0.349 e. The van der Waals surface area contributed by atoms with Crippen LogP contribution in [0.1, 0.15) is 48.7 Å². The van der Waals surface area contributed by atoms with Crippen LogP contribution in [0.2, 0.25) is 0 Å². The second-order valence-electron chi connectivity index (χ2n) is 7.44. The largest absolute Gasteiger partial charge is 0.349 e. The Morgan fingerprint density at radius 2 is 2.00 bits per heavy atom. The summed E-state index contributed by atoms with van der Waals surface area (Å²) in [5.74, 6) is -0.553. The minimum atomic E-state index is -0.298. The highest BCUT2D eigenvalue weighted by atomic mass is 19.1. The van der Waals surface area contributed by atoms with Gasteiger partial charge in [0, 0.05) is 30.5 Å². The number of nitrogens with zero attached hydrogens (tertiary/aromatic N) is 3. The van der Waals surface area contributed by atoms with Crippen molar-refractivity contribution in [2.75, 3.05) is 0 Å². The summed E-state index contributed by atoms with van der Waals surface area (Å²) in [6, 6.07) is 10.4. The van der Waals surface area contributed by atoms with E-state index in [1.807, 2.05) is 19.9 Å². The number of carbonyl (C=O) groups excluding carboxylic acids is 1. The van der Waals surface area contributed by atoms with Crippen LogP contribution in [-0.2, 0) is 17.9 Å². The molecule has 3 rings (SSSR count). The smallest absolute Gasteiger partial charge is 0.265 e. The lowest BCUT2D eigenvalue weighted by molar-refractivity contribution is -0.127. The van der Waals surface area contributed by atoms with E-state index in [0.29, 0.717) is 6.54 Å². The number of aromatic nitrogens is 1. The maximum absolute atomic E-state index is 13.2. The molecule has 28 heavy (non-hydrogen) atoms. The SMILES string of the molecule is CCCn1c(C)cc(/C=C(\C#N)C(=O)N(Cc2ccc(F)cc2)C2CC2)c1C. The van der Waals surface area contributed by atoms with E-state index in [-0.39, 0.29) is 23.3 Å². The van der Waals surface area contributed by atoms with E-state index in [4.69, 9.17) is 0 Å². The number of aryl methyl sites for hydroxylation is 1. The molecular formula is C23H26FN3O. The lowest BCUT2D eigenvalue weighted by atomic mass is 10.1. The van der Waals surface area contributed by atoms with Gasteiger partial charge in [-0.05, 0) is 68.5 Å². The Balaban J connectivity index is 1.87. The predicted octanol–water partition coefficient (Wildman–Crippen LogP) is 4.75. The van der Waals surface area contributed by atoms with Gasteiger partial charge in [0.25, 0.3) is 5.91 Å². The molecule has 1 aromatic carbocycles. The van der Waals surface area contributed by atoms with Gasteiger partial charge in [0.2, 0.25) is 0 Å². The van der Waals surface area contributed by atoms with Crippen LogP contribution >= 0.6 is 0 Å². The number of rotatable bonds is 7. The van der Waals surface area contributed by atoms with E-state index in [0.717, 1.165) is 48.3 Å². The molecule has 0 aliphatic heterocycles. The normalized spacial score (nSPS) is 14.0. The summed E-state index contributed by atoms with van der Waals surface area (Å²) < 4.78 is 15.4. The van der Waals surface area contributed by atoms with Crippen molar-refractivity contribution < 1.29 is 9.18 Å². The van der Waals surface area contributed by atoms with E-state index >= 15 is 0 Å². The molecule has 0 unspecified atom stereocenters. The summed E-state index contributed by atoms with van der Waals surface area (Å²) in [4.78, 5) is 14.9. The predicted molar refractivity (Wildman–Crippen MR) is 108 cm³/mol. The molecule has 2 aromatic rings. The summed E-state index contributed by atoms with van der Waals surface area (Å²) in [6.45, 7) is 7.49. The van der Waals surface area contributed by atoms with E-state index in [9.17, 15) is 14.4 Å². The first kappa shape index (κ1) is 19.9. The molecule has 1 fully saturated rings. The first-order valence-electron chi connectivity index (χ1n) is 9.78. The monoisotopic (exact) mass is 379 g/mol. The van der Waals surface area contributed by atoms with Gasteiger partial charge in [-0.15, -0.1) is 0 Å². The van der Waals surface area contributed by atoms with Crippen LogP contribution in [0.3, 0.4) is 0 Å². The van der Waals surface area contributed by atoms with Crippen molar-refractivity contribution in [1.29, 1.82) is 5.26 Å². The van der Waals surface area contributed by atoms with Gasteiger partial charge >= 0.3 is 0 Å². The third-order valence-electron chi connectivity index (χ3n) is 5.23. The van der Waals surface area contributed by atoms with E-state index in [1.54, 1.807) is 23.1 Å². The van der Waals surface area contributed by atoms with Crippen molar-refractivity contribution in [1.82, 2.24) is 9.47 Å². The van der Waals surface area contributed by atoms with Crippen LogP contribution < -0.4 is 0 Å². The highest BCUT2D eigenvalue weighted by Crippen LogP contribution is 2.30. The van der Waals surface area contributed by atoms with Gasteiger partial charge in [0.1, 0.15) is 17.5 Å². The lowest BCUT2D eigenvalue weighted by Crippen LogP contribution is -2.33. The standard InChI is InChI=1S/C23H26FN3O/c1-4-11-26-16(2)12-19(17(26)3)13-20(14-25)23(28)27(22-9-10-22)15-18-5-7-21(24)8-6-18/h5-8,12-13,22H,4,9-11,15H2,1-3H3/b20-13+. The van der Waals surface area contributed by atoms with Crippen molar-refractivity contribution >= 4 is 12.0 Å². The van der Waals surface area contributed by atoms with Crippen LogP contribution in [0.25, 0.3) is 6.08 Å². The Labute approximate surface area is 165 Å². The zero-order valence-corrected chi connectivity index (χ0v) is 16.7. The fourth-order valence-corrected chi connectivity index (χ4v) is 3.53. The van der Waals surface area contributed by atoms with Crippen LogP contribution in [0.15, 0.2) is 35.9 Å². The van der Waals surface area contributed by atoms with Crippen molar-refractivity contribution in [3.05, 3.63) is 64.2 Å². The molecule has 1 heterocycles. The van der Waals surface area contributed by atoms with Crippen LogP contribution in [0, 0.1) is 31.0 Å². The number of hydrogen-bond donors (Lipinski definition) is 0. The van der Waals surface area contributed by atoms with E-state index < -0.39 is 0 Å². The summed E-state index contributed by atoms with van der Waals surface area (Å²) in [7, 11) is 0.